The second kappa shape index (κ2) is 3.39. The Balaban J connectivity index is 2.28. The monoisotopic (exact) mass is 139 g/mol. The Hall–Kier alpha value is -0.800. The van der Waals surface area contributed by atoms with Gasteiger partial charge in [0.25, 0.3) is 0 Å². The van der Waals surface area contributed by atoms with Gasteiger partial charge in [0.05, 0.1) is 0 Å². The summed E-state index contributed by atoms with van der Waals surface area (Å²) < 4.78 is 0. The van der Waals surface area contributed by atoms with Gasteiger partial charge < -0.3 is 4.98 Å². The molecule has 3 nitrogen and oxygen atoms in total. The van der Waals surface area contributed by atoms with E-state index in [0.717, 1.165) is 6.54 Å². The lowest BCUT2D eigenvalue weighted by Gasteiger charge is -2.09. The molecule has 0 fully saturated rings. The lowest BCUT2D eigenvalue weighted by molar-refractivity contribution is 0.286. The highest BCUT2D eigenvalue weighted by Crippen LogP contribution is 1.94. The maximum absolute atomic E-state index is 3.16. The predicted molar refractivity (Wildman–Crippen MR) is 41.3 cm³/mol. The molecule has 0 aromatic carbocycles. The highest BCUT2D eigenvalue weighted by atomic mass is 15.5. The van der Waals surface area contributed by atoms with Crippen LogP contribution in [0.5, 0.6) is 0 Å². The van der Waals surface area contributed by atoms with Crippen molar-refractivity contribution in [1.82, 2.24) is 15.4 Å². The van der Waals surface area contributed by atoms with E-state index >= 15 is 0 Å². The van der Waals surface area contributed by atoms with Gasteiger partial charge in [0.1, 0.15) is 0 Å². The molecule has 0 spiro atoms. The molecule has 0 amide bonds. The highest BCUT2D eigenvalue weighted by Gasteiger charge is 1.90. The van der Waals surface area contributed by atoms with E-state index < -0.39 is 0 Å². The Morgan fingerprint density at radius 3 is 2.90 bits per heavy atom. The van der Waals surface area contributed by atoms with Crippen molar-refractivity contribution < 1.29 is 0 Å². The van der Waals surface area contributed by atoms with Gasteiger partial charge in [-0.2, -0.15) is 0 Å². The Kier molecular flexibility index (Phi) is 2.48. The first-order chi connectivity index (χ1) is 4.79. The molecular formula is C7H13N3. The zero-order chi connectivity index (χ0) is 7.40. The Morgan fingerprint density at radius 2 is 2.40 bits per heavy atom. The summed E-state index contributed by atoms with van der Waals surface area (Å²) in [6.07, 6.45) is 3.91. The van der Waals surface area contributed by atoms with Crippen molar-refractivity contribution >= 4 is 0 Å². The van der Waals surface area contributed by atoms with Gasteiger partial charge in [-0.15, -0.1) is 0 Å². The third-order valence-corrected chi connectivity index (χ3v) is 1.26. The van der Waals surface area contributed by atoms with Crippen LogP contribution in [0.15, 0.2) is 18.5 Å². The second-order valence-corrected chi connectivity index (χ2v) is 2.45. The highest BCUT2D eigenvalue weighted by molar-refractivity contribution is 5.07. The van der Waals surface area contributed by atoms with Crippen molar-refractivity contribution in [1.29, 1.82) is 0 Å². The average molecular weight is 139 g/mol. The Morgan fingerprint density at radius 1 is 1.60 bits per heavy atom. The number of hydrogen-bond donors (Lipinski definition) is 2. The molecule has 2 N–H and O–H groups in total. The minimum Gasteiger partial charge on any atom is -0.367 e. The molecule has 0 radical (unpaired) electrons. The number of hydrogen-bond acceptors (Lipinski definition) is 2. The van der Waals surface area contributed by atoms with Crippen molar-refractivity contribution in [3.05, 3.63) is 24.0 Å². The number of aromatic amines is 1. The van der Waals surface area contributed by atoms with Crippen LogP contribution in [-0.2, 0) is 6.54 Å². The standard InChI is InChI=1S/C7H13N3/c1-10(2)9-6-7-3-4-8-5-7/h3-5,8-9H,6H2,1-2H3. The maximum atomic E-state index is 3.16. The fraction of sp³-hybridized carbons (Fsp3) is 0.429. The minimum absolute atomic E-state index is 0.885. The van der Waals surface area contributed by atoms with Crippen molar-refractivity contribution in [2.45, 2.75) is 6.54 Å². The molecular weight excluding hydrogens is 126 g/mol. The van der Waals surface area contributed by atoms with Crippen molar-refractivity contribution in [3.8, 4) is 0 Å². The van der Waals surface area contributed by atoms with Crippen LogP contribution in [0.1, 0.15) is 5.56 Å². The minimum atomic E-state index is 0.885. The second-order valence-electron chi connectivity index (χ2n) is 2.45. The lowest BCUT2D eigenvalue weighted by atomic mass is 10.3. The first-order valence-electron chi connectivity index (χ1n) is 3.31. The van der Waals surface area contributed by atoms with Gasteiger partial charge >= 0.3 is 0 Å². The molecule has 0 unspecified atom stereocenters. The summed E-state index contributed by atoms with van der Waals surface area (Å²) in [5.41, 5.74) is 4.43. The van der Waals surface area contributed by atoms with Crippen LogP contribution in [0, 0.1) is 0 Å². The van der Waals surface area contributed by atoms with Crippen molar-refractivity contribution in [2.75, 3.05) is 14.1 Å². The van der Waals surface area contributed by atoms with Crippen LogP contribution in [0.25, 0.3) is 0 Å². The van der Waals surface area contributed by atoms with E-state index in [1.54, 1.807) is 0 Å². The fourth-order valence-electron chi connectivity index (χ4n) is 0.718. The summed E-state index contributed by atoms with van der Waals surface area (Å²) >= 11 is 0. The number of rotatable bonds is 3. The topological polar surface area (TPSA) is 31.1 Å². The van der Waals surface area contributed by atoms with Gasteiger partial charge in [0.2, 0.25) is 0 Å². The molecule has 3 heteroatoms. The van der Waals surface area contributed by atoms with Crippen LogP contribution in [0.4, 0.5) is 0 Å². The molecule has 0 atom stereocenters. The predicted octanol–water partition coefficient (Wildman–Crippen LogP) is 0.581. The molecule has 0 saturated heterocycles. The van der Waals surface area contributed by atoms with Gasteiger partial charge in [-0.1, -0.05) is 0 Å². The molecule has 1 rings (SSSR count). The fourth-order valence-corrected chi connectivity index (χ4v) is 0.718. The summed E-state index contributed by atoms with van der Waals surface area (Å²) in [4.78, 5) is 2.99. The van der Waals surface area contributed by atoms with E-state index in [2.05, 4.69) is 16.5 Å². The van der Waals surface area contributed by atoms with Gasteiger partial charge in [-0.05, 0) is 11.6 Å². The molecule has 0 aliphatic heterocycles. The molecule has 1 aromatic rings. The lowest BCUT2D eigenvalue weighted by Crippen LogP contribution is -2.29. The number of H-pyrrole nitrogens is 1. The first kappa shape index (κ1) is 7.31. The summed E-state index contributed by atoms with van der Waals surface area (Å²) in [6.45, 7) is 0.885. The Bertz CT molecular complexity index is 167. The summed E-state index contributed by atoms with van der Waals surface area (Å²) in [5.74, 6) is 0. The summed E-state index contributed by atoms with van der Waals surface area (Å²) in [5, 5.41) is 1.94. The van der Waals surface area contributed by atoms with E-state index in [1.807, 2.05) is 31.5 Å². The normalized spacial score (nSPS) is 10.7. The van der Waals surface area contributed by atoms with Gasteiger partial charge in [-0.3, -0.25) is 10.4 Å². The Labute approximate surface area is 61.0 Å². The SMILES string of the molecule is CN(C)NCc1cc[nH]c1. The molecule has 10 heavy (non-hydrogen) atoms. The molecule has 0 saturated carbocycles. The van der Waals surface area contributed by atoms with Crippen molar-refractivity contribution in [3.63, 3.8) is 0 Å². The van der Waals surface area contributed by atoms with Crippen LogP contribution in [-0.4, -0.2) is 24.1 Å². The molecule has 1 heterocycles. The van der Waals surface area contributed by atoms with E-state index in [0.29, 0.717) is 0 Å². The molecule has 0 bridgehead atoms. The molecule has 1 aromatic heterocycles. The smallest absolute Gasteiger partial charge is 0.0368 e. The largest absolute Gasteiger partial charge is 0.367 e. The summed E-state index contributed by atoms with van der Waals surface area (Å²) in [6, 6.07) is 2.05. The zero-order valence-electron chi connectivity index (χ0n) is 6.39. The van der Waals surface area contributed by atoms with Crippen LogP contribution < -0.4 is 5.43 Å². The van der Waals surface area contributed by atoms with Crippen molar-refractivity contribution in [2.24, 2.45) is 0 Å². The number of nitrogens with one attached hydrogen (secondary N) is 2. The third-order valence-electron chi connectivity index (χ3n) is 1.26. The van der Waals surface area contributed by atoms with Crippen LogP contribution in [0.3, 0.4) is 0 Å². The van der Waals surface area contributed by atoms with Gasteiger partial charge in [-0.25, -0.2) is 0 Å². The molecule has 0 aliphatic rings. The summed E-state index contributed by atoms with van der Waals surface area (Å²) in [7, 11) is 3.96. The maximum Gasteiger partial charge on any atom is 0.0368 e. The number of nitrogens with zero attached hydrogens (tertiary/aromatic N) is 1. The first-order valence-corrected chi connectivity index (χ1v) is 3.31. The molecule has 0 aliphatic carbocycles. The molecule has 56 valence electrons. The van der Waals surface area contributed by atoms with Gasteiger partial charge in [0.15, 0.2) is 0 Å². The zero-order valence-corrected chi connectivity index (χ0v) is 6.39. The third kappa shape index (κ3) is 2.21. The van der Waals surface area contributed by atoms with E-state index in [4.69, 9.17) is 0 Å². The van der Waals surface area contributed by atoms with E-state index in [9.17, 15) is 0 Å². The number of hydrazine groups is 1. The van der Waals surface area contributed by atoms with E-state index in [1.165, 1.54) is 5.56 Å². The van der Waals surface area contributed by atoms with Crippen LogP contribution >= 0.6 is 0 Å². The van der Waals surface area contributed by atoms with E-state index in [-0.39, 0.29) is 0 Å². The van der Waals surface area contributed by atoms with Crippen LogP contribution in [0.2, 0.25) is 0 Å². The number of aromatic nitrogens is 1. The quantitative estimate of drug-likeness (QED) is 0.600. The average Bonchev–Trinajstić information content (AvgIpc) is 2.34. The van der Waals surface area contributed by atoms with Gasteiger partial charge in [0, 0.05) is 33.0 Å².